The van der Waals surface area contributed by atoms with Crippen LogP contribution in [0.4, 0.5) is 16.2 Å². The molecule has 12 heteroatoms. The quantitative estimate of drug-likeness (QED) is 0.0646. The standard InChI is InChI=1S/C45H49N5O7/c1-28-14-21-36(38(24-28)56-27-30-15-17-31(18-16-30)40-32(26-46)25-29(2)49(40)6)50(7)43(52)34-19-20-35(42(54-8)39(34)47)41(51)33-12-9-10-13-37(33)55-23-11-22-48-44(53)57-45(3,4)5/h9-10,12-21,24-25H,11,22-23,27,47H2,1-8H3,(H,48,53). The number of hydrogen-bond donors (Lipinski definition) is 2. The molecule has 1 heterocycles. The molecule has 0 spiro atoms. The molecule has 0 unspecified atom stereocenters. The predicted molar refractivity (Wildman–Crippen MR) is 220 cm³/mol. The Balaban J connectivity index is 1.30. The Bertz CT molecular complexity index is 2320. The molecular formula is C45H49N5O7. The zero-order valence-electron chi connectivity index (χ0n) is 33.7. The molecule has 0 fully saturated rings. The topological polar surface area (TPSA) is 158 Å². The highest BCUT2D eigenvalue weighted by Crippen LogP contribution is 2.36. The first-order chi connectivity index (χ1) is 27.1. The number of methoxy groups -OCH3 is 1. The van der Waals surface area contributed by atoms with E-state index in [1.54, 1.807) is 52.1 Å². The molecule has 2 amide bonds. The number of hydrogen-bond acceptors (Lipinski definition) is 9. The van der Waals surface area contributed by atoms with Gasteiger partial charge in [-0.25, -0.2) is 4.79 Å². The Morgan fingerprint density at radius 2 is 1.60 bits per heavy atom. The van der Waals surface area contributed by atoms with Crippen LogP contribution in [0.5, 0.6) is 17.2 Å². The average Bonchev–Trinajstić information content (AvgIpc) is 3.47. The van der Waals surface area contributed by atoms with Crippen LogP contribution in [0.25, 0.3) is 11.3 Å². The van der Waals surface area contributed by atoms with Crippen molar-refractivity contribution in [3.8, 4) is 34.6 Å². The normalized spacial score (nSPS) is 11.0. The Morgan fingerprint density at radius 1 is 0.895 bits per heavy atom. The fourth-order valence-corrected chi connectivity index (χ4v) is 6.26. The van der Waals surface area contributed by atoms with E-state index in [-0.39, 0.29) is 41.3 Å². The minimum absolute atomic E-state index is 0.00876. The molecule has 1 aromatic heterocycles. The zero-order chi connectivity index (χ0) is 41.4. The monoisotopic (exact) mass is 771 g/mol. The van der Waals surface area contributed by atoms with E-state index < -0.39 is 23.4 Å². The van der Waals surface area contributed by atoms with E-state index in [4.69, 9.17) is 24.7 Å². The van der Waals surface area contributed by atoms with Crippen LogP contribution in [0.3, 0.4) is 0 Å². The van der Waals surface area contributed by atoms with Crippen molar-refractivity contribution in [1.82, 2.24) is 9.88 Å². The van der Waals surface area contributed by atoms with Crippen molar-refractivity contribution in [2.75, 3.05) is 37.9 Å². The third-order valence-electron chi connectivity index (χ3n) is 9.25. The number of anilines is 2. The first-order valence-electron chi connectivity index (χ1n) is 18.5. The maximum absolute atomic E-state index is 14.1. The number of carbonyl (C=O) groups is 3. The third-order valence-corrected chi connectivity index (χ3v) is 9.25. The molecule has 0 bridgehead atoms. The second kappa shape index (κ2) is 17.8. The van der Waals surface area contributed by atoms with Crippen LogP contribution in [0.2, 0.25) is 0 Å². The van der Waals surface area contributed by atoms with Gasteiger partial charge in [-0.1, -0.05) is 42.5 Å². The number of alkyl carbamates (subject to hydrolysis) is 1. The van der Waals surface area contributed by atoms with Crippen molar-refractivity contribution in [2.24, 2.45) is 7.05 Å². The Hall–Kier alpha value is -6.74. The van der Waals surface area contributed by atoms with Crippen LogP contribution in [-0.4, -0.2) is 55.3 Å². The number of ketones is 1. The van der Waals surface area contributed by atoms with Gasteiger partial charge in [-0.05, 0) is 100 Å². The number of aromatic nitrogens is 1. The van der Waals surface area contributed by atoms with Gasteiger partial charge < -0.3 is 39.5 Å². The number of rotatable bonds is 14. The van der Waals surface area contributed by atoms with Crippen LogP contribution in [0, 0.1) is 25.2 Å². The van der Waals surface area contributed by atoms with Crippen molar-refractivity contribution in [3.05, 3.63) is 124 Å². The summed E-state index contributed by atoms with van der Waals surface area (Å²) in [6, 6.07) is 27.4. The van der Waals surface area contributed by atoms with Gasteiger partial charge in [0.1, 0.15) is 29.8 Å². The fraction of sp³-hybridized carbons (Fsp3) is 0.289. The number of nitriles is 1. The number of nitrogens with one attached hydrogen (secondary N) is 1. The van der Waals surface area contributed by atoms with Crippen LogP contribution < -0.4 is 30.2 Å². The number of aryl methyl sites for hydroxylation is 2. The molecule has 0 atom stereocenters. The maximum atomic E-state index is 14.1. The molecule has 0 radical (unpaired) electrons. The maximum Gasteiger partial charge on any atom is 0.407 e. The number of benzene rings is 4. The van der Waals surface area contributed by atoms with Gasteiger partial charge in [0.15, 0.2) is 5.75 Å². The number of para-hydroxylation sites is 1. The lowest BCUT2D eigenvalue weighted by molar-refractivity contribution is 0.0525. The average molecular weight is 772 g/mol. The summed E-state index contributed by atoms with van der Waals surface area (Å²) in [5, 5.41) is 12.3. The smallest absolute Gasteiger partial charge is 0.407 e. The molecule has 57 heavy (non-hydrogen) atoms. The lowest BCUT2D eigenvalue weighted by Gasteiger charge is -2.23. The van der Waals surface area contributed by atoms with E-state index in [0.29, 0.717) is 35.7 Å². The Kier molecular flexibility index (Phi) is 12.9. The van der Waals surface area contributed by atoms with E-state index >= 15 is 0 Å². The van der Waals surface area contributed by atoms with Crippen LogP contribution in [0.1, 0.15) is 75.9 Å². The van der Waals surface area contributed by atoms with Crippen molar-refractivity contribution in [3.63, 3.8) is 0 Å². The molecule has 0 saturated heterocycles. The highest BCUT2D eigenvalue weighted by atomic mass is 16.6. The summed E-state index contributed by atoms with van der Waals surface area (Å²) in [4.78, 5) is 41.4. The Labute approximate surface area is 333 Å². The van der Waals surface area contributed by atoms with Gasteiger partial charge in [0.25, 0.3) is 5.91 Å². The largest absolute Gasteiger partial charge is 0.494 e. The van der Waals surface area contributed by atoms with E-state index in [9.17, 15) is 19.6 Å². The molecule has 5 rings (SSSR count). The number of carbonyl (C=O) groups excluding carboxylic acids is 3. The number of nitrogen functional groups attached to an aromatic ring is 1. The number of ether oxygens (including phenoxy) is 4. The minimum Gasteiger partial charge on any atom is -0.494 e. The second-order valence-electron chi connectivity index (χ2n) is 14.6. The van der Waals surface area contributed by atoms with Crippen LogP contribution in [-0.2, 0) is 18.4 Å². The SMILES string of the molecule is COc1c(C(=O)c2ccccc2OCCCNC(=O)OC(C)(C)C)ccc(C(=O)N(C)c2ccc(C)cc2OCc2ccc(-c3c(C#N)cc(C)n3C)cc2)c1N. The molecule has 12 nitrogen and oxygen atoms in total. The predicted octanol–water partition coefficient (Wildman–Crippen LogP) is 8.15. The number of amides is 2. The van der Waals surface area contributed by atoms with Crippen molar-refractivity contribution in [2.45, 2.75) is 53.2 Å². The summed E-state index contributed by atoms with van der Waals surface area (Å²) in [5.41, 5.74) is 12.3. The van der Waals surface area contributed by atoms with Gasteiger partial charge in [-0.2, -0.15) is 5.26 Å². The van der Waals surface area contributed by atoms with Crippen LogP contribution in [0.15, 0.2) is 84.9 Å². The van der Waals surface area contributed by atoms with E-state index in [0.717, 1.165) is 28.1 Å². The molecule has 296 valence electrons. The first kappa shape index (κ1) is 41.4. The molecule has 0 saturated carbocycles. The third kappa shape index (κ3) is 9.74. The van der Waals surface area contributed by atoms with Crippen molar-refractivity contribution in [1.29, 1.82) is 5.26 Å². The van der Waals surface area contributed by atoms with Crippen molar-refractivity contribution >= 4 is 29.2 Å². The molecule has 5 aromatic rings. The zero-order valence-corrected chi connectivity index (χ0v) is 33.7. The Morgan fingerprint density at radius 3 is 2.28 bits per heavy atom. The molecular weight excluding hydrogens is 723 g/mol. The summed E-state index contributed by atoms with van der Waals surface area (Å²) in [6.45, 7) is 10.1. The van der Waals surface area contributed by atoms with Crippen molar-refractivity contribution < 1.29 is 33.3 Å². The number of nitrogens with zero attached hydrogens (tertiary/aromatic N) is 3. The number of nitrogens with two attached hydrogens (primary N) is 1. The molecule has 4 aromatic carbocycles. The summed E-state index contributed by atoms with van der Waals surface area (Å²) >= 11 is 0. The highest BCUT2D eigenvalue weighted by Gasteiger charge is 2.26. The summed E-state index contributed by atoms with van der Waals surface area (Å²) in [6.07, 6.45) is -0.0416. The molecule has 3 N–H and O–H groups in total. The molecule has 0 aliphatic carbocycles. The summed E-state index contributed by atoms with van der Waals surface area (Å²) < 4.78 is 25.1. The van der Waals surface area contributed by atoms with Gasteiger partial charge in [-0.3, -0.25) is 9.59 Å². The summed E-state index contributed by atoms with van der Waals surface area (Å²) in [5.74, 6) is 0.0706. The summed E-state index contributed by atoms with van der Waals surface area (Å²) in [7, 11) is 4.96. The lowest BCUT2D eigenvalue weighted by Crippen LogP contribution is -2.33. The van der Waals surface area contributed by atoms with E-state index in [1.807, 2.05) is 74.0 Å². The lowest BCUT2D eigenvalue weighted by atomic mass is 9.98. The molecule has 0 aliphatic heterocycles. The van der Waals surface area contributed by atoms with E-state index in [2.05, 4.69) is 11.4 Å². The molecule has 0 aliphatic rings. The first-order valence-corrected chi connectivity index (χ1v) is 18.5. The minimum atomic E-state index is -0.602. The second-order valence-corrected chi connectivity index (χ2v) is 14.6. The van der Waals surface area contributed by atoms with Crippen LogP contribution >= 0.6 is 0 Å². The van der Waals surface area contributed by atoms with Gasteiger partial charge in [0, 0.05) is 26.3 Å². The van der Waals surface area contributed by atoms with Gasteiger partial charge in [0.05, 0.1) is 53.0 Å². The highest BCUT2D eigenvalue weighted by molar-refractivity contribution is 6.16. The van der Waals surface area contributed by atoms with Gasteiger partial charge >= 0.3 is 6.09 Å². The van der Waals surface area contributed by atoms with Gasteiger partial charge in [-0.15, -0.1) is 0 Å². The fourth-order valence-electron chi connectivity index (χ4n) is 6.26. The van der Waals surface area contributed by atoms with Gasteiger partial charge in [0.2, 0.25) is 5.78 Å². The van der Waals surface area contributed by atoms with E-state index in [1.165, 1.54) is 24.1 Å².